The van der Waals surface area contributed by atoms with Gasteiger partial charge in [0.2, 0.25) is 11.8 Å². The Morgan fingerprint density at radius 2 is 2.06 bits per heavy atom. The molecule has 0 unspecified atom stereocenters. The zero-order valence-electron chi connectivity index (χ0n) is 8.56. The number of benzene rings is 1. The summed E-state index contributed by atoms with van der Waals surface area (Å²) in [5.74, 6) is 1.78. The molecular formula is C11H11ClN2O2. The van der Waals surface area contributed by atoms with Gasteiger partial charge < -0.3 is 9.52 Å². The summed E-state index contributed by atoms with van der Waals surface area (Å²) in [6.07, 6.45) is 1.10. The Bertz CT molecular complexity index is 471. The highest BCUT2D eigenvalue weighted by molar-refractivity contribution is 6.17. The van der Waals surface area contributed by atoms with Crippen molar-refractivity contribution in [2.24, 2.45) is 0 Å². The van der Waals surface area contributed by atoms with Gasteiger partial charge >= 0.3 is 0 Å². The fourth-order valence-corrected chi connectivity index (χ4v) is 1.54. The van der Waals surface area contributed by atoms with Gasteiger partial charge in [-0.2, -0.15) is 0 Å². The van der Waals surface area contributed by atoms with Crippen molar-refractivity contribution in [1.82, 2.24) is 10.2 Å². The molecule has 0 aliphatic rings. The van der Waals surface area contributed by atoms with E-state index in [0.29, 0.717) is 30.5 Å². The number of rotatable bonds is 4. The molecule has 16 heavy (non-hydrogen) atoms. The first kappa shape index (κ1) is 11.0. The highest BCUT2D eigenvalue weighted by Gasteiger charge is 2.06. The van der Waals surface area contributed by atoms with E-state index in [2.05, 4.69) is 10.2 Å². The number of hydrogen-bond acceptors (Lipinski definition) is 4. The average Bonchev–Trinajstić information content (AvgIpc) is 2.66. The molecule has 5 heteroatoms. The molecule has 0 amide bonds. The van der Waals surface area contributed by atoms with E-state index in [1.54, 1.807) is 18.2 Å². The second-order valence-electron chi connectivity index (χ2n) is 3.38. The van der Waals surface area contributed by atoms with Crippen molar-refractivity contribution in [2.45, 2.75) is 12.8 Å². The molecule has 0 saturated carbocycles. The number of hydrogen-bond donors (Lipinski definition) is 1. The van der Waals surface area contributed by atoms with Gasteiger partial charge in [0.15, 0.2) is 0 Å². The van der Waals surface area contributed by atoms with E-state index in [9.17, 15) is 5.11 Å². The highest BCUT2D eigenvalue weighted by atomic mass is 35.5. The molecule has 1 N–H and O–H groups in total. The maximum Gasteiger partial charge on any atom is 0.220 e. The lowest BCUT2D eigenvalue weighted by Gasteiger charge is -1.97. The van der Waals surface area contributed by atoms with Gasteiger partial charge in [-0.15, -0.1) is 21.8 Å². The molecule has 2 aromatic rings. The molecule has 0 saturated heterocycles. The van der Waals surface area contributed by atoms with Crippen molar-refractivity contribution >= 4 is 11.6 Å². The zero-order valence-corrected chi connectivity index (χ0v) is 9.31. The molecule has 0 fully saturated rings. The Balaban J connectivity index is 2.08. The lowest BCUT2D eigenvalue weighted by molar-refractivity contribution is 0.461. The summed E-state index contributed by atoms with van der Waals surface area (Å²) in [5, 5.41) is 17.1. The first-order valence-corrected chi connectivity index (χ1v) is 5.46. The molecule has 1 aromatic carbocycles. The average molecular weight is 239 g/mol. The van der Waals surface area contributed by atoms with Gasteiger partial charge in [0.05, 0.1) is 6.42 Å². The van der Waals surface area contributed by atoms with Crippen LogP contribution >= 0.6 is 11.6 Å². The fraction of sp³-hybridized carbons (Fsp3) is 0.273. The Morgan fingerprint density at radius 3 is 2.81 bits per heavy atom. The van der Waals surface area contributed by atoms with Crippen LogP contribution in [-0.4, -0.2) is 21.2 Å². The lowest BCUT2D eigenvalue weighted by atomic mass is 10.1. The fourth-order valence-electron chi connectivity index (χ4n) is 1.38. The van der Waals surface area contributed by atoms with E-state index in [0.717, 1.165) is 5.56 Å². The lowest BCUT2D eigenvalue weighted by Crippen LogP contribution is -1.87. The molecule has 0 radical (unpaired) electrons. The minimum Gasteiger partial charge on any atom is -0.508 e. The summed E-state index contributed by atoms with van der Waals surface area (Å²) >= 11 is 5.57. The van der Waals surface area contributed by atoms with E-state index in [4.69, 9.17) is 16.0 Å². The molecule has 84 valence electrons. The number of nitrogens with zero attached hydrogens (tertiary/aromatic N) is 2. The van der Waals surface area contributed by atoms with Crippen molar-refractivity contribution in [2.75, 3.05) is 5.88 Å². The Hall–Kier alpha value is -1.55. The van der Waals surface area contributed by atoms with E-state index in [-0.39, 0.29) is 5.75 Å². The minimum atomic E-state index is 0.234. The van der Waals surface area contributed by atoms with Crippen LogP contribution in [0.25, 0.3) is 0 Å². The molecule has 0 aliphatic heterocycles. The Kier molecular flexibility index (Phi) is 3.41. The molecule has 4 nitrogen and oxygen atoms in total. The number of aromatic hydroxyl groups is 1. The second-order valence-corrected chi connectivity index (χ2v) is 3.75. The van der Waals surface area contributed by atoms with Crippen molar-refractivity contribution < 1.29 is 9.52 Å². The molecule has 0 aliphatic carbocycles. The van der Waals surface area contributed by atoms with Gasteiger partial charge in [-0.05, 0) is 17.7 Å². The van der Waals surface area contributed by atoms with Crippen molar-refractivity contribution in [1.29, 1.82) is 0 Å². The number of alkyl halides is 1. The first-order chi connectivity index (χ1) is 7.78. The molecule has 0 atom stereocenters. The smallest absolute Gasteiger partial charge is 0.220 e. The number of aryl methyl sites for hydroxylation is 1. The van der Waals surface area contributed by atoms with Crippen LogP contribution in [0.15, 0.2) is 28.7 Å². The van der Waals surface area contributed by atoms with E-state index in [1.165, 1.54) is 0 Å². The van der Waals surface area contributed by atoms with Crippen LogP contribution in [0.1, 0.15) is 17.3 Å². The molecule has 0 spiro atoms. The van der Waals surface area contributed by atoms with Crippen LogP contribution < -0.4 is 0 Å². The van der Waals surface area contributed by atoms with Crippen LogP contribution in [0.5, 0.6) is 5.75 Å². The van der Waals surface area contributed by atoms with Gasteiger partial charge in [-0.1, -0.05) is 12.1 Å². The standard InChI is InChI=1S/C11H11ClN2O2/c12-5-4-10-13-14-11(16-10)7-8-2-1-3-9(15)6-8/h1-3,6,15H,4-5,7H2. The van der Waals surface area contributed by atoms with Crippen LogP contribution in [0.2, 0.25) is 0 Å². The Morgan fingerprint density at radius 1 is 1.25 bits per heavy atom. The van der Waals surface area contributed by atoms with Crippen LogP contribution in [0, 0.1) is 0 Å². The topological polar surface area (TPSA) is 59.2 Å². The van der Waals surface area contributed by atoms with Crippen LogP contribution in [-0.2, 0) is 12.8 Å². The first-order valence-electron chi connectivity index (χ1n) is 4.93. The van der Waals surface area contributed by atoms with Crippen LogP contribution in [0.4, 0.5) is 0 Å². The van der Waals surface area contributed by atoms with Gasteiger partial charge in [-0.25, -0.2) is 0 Å². The largest absolute Gasteiger partial charge is 0.508 e. The van der Waals surface area contributed by atoms with Gasteiger partial charge in [-0.3, -0.25) is 0 Å². The molecule has 1 heterocycles. The second kappa shape index (κ2) is 4.99. The normalized spacial score (nSPS) is 10.6. The monoisotopic (exact) mass is 238 g/mol. The zero-order chi connectivity index (χ0) is 11.4. The maximum atomic E-state index is 9.30. The minimum absolute atomic E-state index is 0.234. The SMILES string of the molecule is Oc1cccc(Cc2nnc(CCCl)o2)c1. The summed E-state index contributed by atoms with van der Waals surface area (Å²) in [7, 11) is 0. The van der Waals surface area contributed by atoms with Gasteiger partial charge in [0.1, 0.15) is 5.75 Å². The van der Waals surface area contributed by atoms with E-state index >= 15 is 0 Å². The summed E-state index contributed by atoms with van der Waals surface area (Å²) in [6, 6.07) is 6.97. The third-order valence-electron chi connectivity index (χ3n) is 2.08. The molecular weight excluding hydrogens is 228 g/mol. The van der Waals surface area contributed by atoms with E-state index in [1.807, 2.05) is 6.07 Å². The summed E-state index contributed by atoms with van der Waals surface area (Å²) in [4.78, 5) is 0. The van der Waals surface area contributed by atoms with E-state index < -0.39 is 0 Å². The number of aromatic nitrogens is 2. The van der Waals surface area contributed by atoms with Crippen molar-refractivity contribution in [3.05, 3.63) is 41.6 Å². The molecule has 0 bridgehead atoms. The van der Waals surface area contributed by atoms with Gasteiger partial charge in [0.25, 0.3) is 0 Å². The number of phenolic OH excluding ortho intramolecular Hbond substituents is 1. The predicted molar refractivity (Wildman–Crippen MR) is 59.6 cm³/mol. The molecule has 1 aromatic heterocycles. The summed E-state index contributed by atoms with van der Waals surface area (Å²) < 4.78 is 5.38. The quantitative estimate of drug-likeness (QED) is 0.830. The predicted octanol–water partition coefficient (Wildman–Crippen LogP) is 2.15. The number of phenols is 1. The van der Waals surface area contributed by atoms with Crippen molar-refractivity contribution in [3.8, 4) is 5.75 Å². The third-order valence-corrected chi connectivity index (χ3v) is 2.27. The maximum absolute atomic E-state index is 9.30. The molecule has 2 rings (SSSR count). The number of halogens is 1. The third kappa shape index (κ3) is 2.73. The summed E-state index contributed by atoms with van der Waals surface area (Å²) in [5.41, 5.74) is 0.932. The van der Waals surface area contributed by atoms with Gasteiger partial charge in [0, 0.05) is 12.3 Å². The van der Waals surface area contributed by atoms with Crippen LogP contribution in [0.3, 0.4) is 0 Å². The Labute approximate surface area is 97.9 Å². The van der Waals surface area contributed by atoms with Crippen molar-refractivity contribution in [3.63, 3.8) is 0 Å². The highest BCUT2D eigenvalue weighted by Crippen LogP contribution is 2.14. The summed E-state index contributed by atoms with van der Waals surface area (Å²) in [6.45, 7) is 0.